The minimum absolute atomic E-state index is 0.254. The smallest absolute Gasteiger partial charge is 0.272 e. The SMILES string of the molecule is O=c1[nH][nH]c(=S)n1-c1ccc(I)cc1. The largest absolute Gasteiger partial charge is 0.347 e. The lowest BCUT2D eigenvalue weighted by Crippen LogP contribution is -2.14. The zero-order chi connectivity index (χ0) is 10.1. The molecule has 0 atom stereocenters. The van der Waals surface area contributed by atoms with Gasteiger partial charge in [0.05, 0.1) is 5.69 Å². The normalized spacial score (nSPS) is 10.4. The Morgan fingerprint density at radius 3 is 2.36 bits per heavy atom. The van der Waals surface area contributed by atoms with Crippen LogP contribution in [0.3, 0.4) is 0 Å². The van der Waals surface area contributed by atoms with Gasteiger partial charge in [-0.15, -0.1) is 0 Å². The van der Waals surface area contributed by atoms with Gasteiger partial charge in [0.2, 0.25) is 4.77 Å². The van der Waals surface area contributed by atoms with Crippen LogP contribution in [0.1, 0.15) is 0 Å². The van der Waals surface area contributed by atoms with Crippen molar-refractivity contribution in [2.75, 3.05) is 0 Å². The highest BCUT2D eigenvalue weighted by molar-refractivity contribution is 14.1. The molecule has 0 aliphatic rings. The van der Waals surface area contributed by atoms with Crippen molar-refractivity contribution < 1.29 is 0 Å². The van der Waals surface area contributed by atoms with E-state index in [-0.39, 0.29) is 5.69 Å². The molecule has 14 heavy (non-hydrogen) atoms. The molecule has 2 N–H and O–H groups in total. The van der Waals surface area contributed by atoms with Crippen molar-refractivity contribution in [3.8, 4) is 5.69 Å². The average Bonchev–Trinajstić information content (AvgIpc) is 2.49. The molecule has 1 aromatic heterocycles. The summed E-state index contributed by atoms with van der Waals surface area (Å²) in [5, 5.41) is 5.01. The van der Waals surface area contributed by atoms with E-state index in [1.54, 1.807) is 0 Å². The predicted octanol–water partition coefficient (Wildman–Crippen LogP) is 1.83. The van der Waals surface area contributed by atoms with Gasteiger partial charge in [-0.2, -0.15) is 0 Å². The first-order chi connectivity index (χ1) is 6.68. The van der Waals surface area contributed by atoms with Gasteiger partial charge in [0.1, 0.15) is 0 Å². The fourth-order valence-corrected chi connectivity index (χ4v) is 1.73. The molecule has 0 radical (unpaired) electrons. The number of benzene rings is 1. The molecule has 0 saturated carbocycles. The van der Waals surface area contributed by atoms with Gasteiger partial charge in [-0.25, -0.2) is 14.5 Å². The Morgan fingerprint density at radius 2 is 1.86 bits per heavy atom. The molecule has 0 spiro atoms. The first-order valence-corrected chi connectivity index (χ1v) is 5.33. The summed E-state index contributed by atoms with van der Waals surface area (Å²) in [6.45, 7) is 0. The number of aromatic nitrogens is 3. The first-order valence-electron chi connectivity index (χ1n) is 3.84. The Hall–Kier alpha value is -0.890. The molecule has 0 saturated heterocycles. The average molecular weight is 319 g/mol. The van der Waals surface area contributed by atoms with Crippen LogP contribution in [0, 0.1) is 8.34 Å². The summed E-state index contributed by atoms with van der Waals surface area (Å²) in [5.41, 5.74) is 0.508. The van der Waals surface area contributed by atoms with Gasteiger partial charge in [0.25, 0.3) is 0 Å². The monoisotopic (exact) mass is 319 g/mol. The van der Waals surface area contributed by atoms with Crippen molar-refractivity contribution >= 4 is 34.8 Å². The van der Waals surface area contributed by atoms with Crippen molar-refractivity contribution in [3.63, 3.8) is 0 Å². The molecule has 0 amide bonds. The molecule has 0 unspecified atom stereocenters. The van der Waals surface area contributed by atoms with Crippen LogP contribution in [0.2, 0.25) is 0 Å². The van der Waals surface area contributed by atoms with Crippen LogP contribution in [-0.4, -0.2) is 14.8 Å². The van der Waals surface area contributed by atoms with Crippen molar-refractivity contribution in [2.24, 2.45) is 0 Å². The number of nitrogens with zero attached hydrogens (tertiary/aromatic N) is 1. The maximum absolute atomic E-state index is 11.3. The van der Waals surface area contributed by atoms with Gasteiger partial charge in [0, 0.05) is 3.57 Å². The maximum atomic E-state index is 11.3. The molecule has 2 rings (SSSR count). The van der Waals surface area contributed by atoms with E-state index in [9.17, 15) is 4.79 Å². The molecule has 2 aromatic rings. The van der Waals surface area contributed by atoms with E-state index in [1.807, 2.05) is 24.3 Å². The standard InChI is InChI=1S/C8H6IN3OS/c9-5-1-3-6(4-2-5)12-7(13)10-11-8(12)14/h1-4H,(H,10,13)(H,11,14). The van der Waals surface area contributed by atoms with E-state index >= 15 is 0 Å². The van der Waals surface area contributed by atoms with Crippen molar-refractivity contribution in [3.05, 3.63) is 43.1 Å². The minimum Gasteiger partial charge on any atom is -0.272 e. The number of rotatable bonds is 1. The number of aromatic amines is 2. The van der Waals surface area contributed by atoms with Crippen LogP contribution in [0.25, 0.3) is 5.69 Å². The molecule has 0 bridgehead atoms. The number of nitrogens with one attached hydrogen (secondary N) is 2. The van der Waals surface area contributed by atoms with Crippen molar-refractivity contribution in [1.29, 1.82) is 0 Å². The highest BCUT2D eigenvalue weighted by Crippen LogP contribution is 2.09. The van der Waals surface area contributed by atoms with Crippen LogP contribution in [0.4, 0.5) is 0 Å². The lowest BCUT2D eigenvalue weighted by Gasteiger charge is -1.99. The van der Waals surface area contributed by atoms with Crippen LogP contribution in [0.5, 0.6) is 0 Å². The lowest BCUT2D eigenvalue weighted by atomic mass is 10.3. The molecule has 72 valence electrons. The lowest BCUT2D eigenvalue weighted by molar-refractivity contribution is 0.975. The minimum atomic E-state index is -0.254. The van der Waals surface area contributed by atoms with E-state index in [1.165, 1.54) is 4.57 Å². The second-order valence-corrected chi connectivity index (χ2v) is 4.30. The topological polar surface area (TPSA) is 53.6 Å². The highest BCUT2D eigenvalue weighted by atomic mass is 127. The Labute approximate surface area is 98.1 Å². The molecular weight excluding hydrogens is 313 g/mol. The van der Waals surface area contributed by atoms with Crippen LogP contribution in [-0.2, 0) is 0 Å². The molecule has 1 aromatic carbocycles. The van der Waals surface area contributed by atoms with Crippen molar-refractivity contribution in [2.45, 2.75) is 0 Å². The van der Waals surface area contributed by atoms with Gasteiger partial charge < -0.3 is 0 Å². The summed E-state index contributed by atoms with van der Waals surface area (Å²) in [4.78, 5) is 11.3. The molecule has 0 aliphatic heterocycles. The van der Waals surface area contributed by atoms with Gasteiger partial charge in [-0.1, -0.05) is 0 Å². The van der Waals surface area contributed by atoms with Gasteiger partial charge >= 0.3 is 5.69 Å². The van der Waals surface area contributed by atoms with E-state index in [0.717, 1.165) is 9.26 Å². The van der Waals surface area contributed by atoms with Gasteiger partial charge in [0.15, 0.2) is 0 Å². The van der Waals surface area contributed by atoms with E-state index in [0.29, 0.717) is 4.77 Å². The molecular formula is C8H6IN3OS. The predicted molar refractivity (Wildman–Crippen MR) is 64.3 cm³/mol. The second kappa shape index (κ2) is 3.70. The zero-order valence-corrected chi connectivity index (χ0v) is 9.93. The quantitative estimate of drug-likeness (QED) is 0.622. The molecule has 0 fully saturated rings. The number of H-pyrrole nitrogens is 2. The third-order valence-electron chi connectivity index (χ3n) is 1.77. The summed E-state index contributed by atoms with van der Waals surface area (Å²) < 4.78 is 2.90. The van der Waals surface area contributed by atoms with E-state index < -0.39 is 0 Å². The van der Waals surface area contributed by atoms with E-state index in [2.05, 4.69) is 32.8 Å². The third-order valence-corrected chi connectivity index (χ3v) is 2.77. The van der Waals surface area contributed by atoms with Crippen LogP contribution in [0.15, 0.2) is 29.1 Å². The summed E-state index contributed by atoms with van der Waals surface area (Å²) in [6, 6.07) is 7.54. The highest BCUT2D eigenvalue weighted by Gasteiger charge is 2.01. The fraction of sp³-hybridized carbons (Fsp3) is 0. The van der Waals surface area contributed by atoms with Crippen LogP contribution >= 0.6 is 34.8 Å². The summed E-state index contributed by atoms with van der Waals surface area (Å²) >= 11 is 7.16. The Kier molecular flexibility index (Phi) is 2.55. The summed E-state index contributed by atoms with van der Waals surface area (Å²) in [7, 11) is 0. The Morgan fingerprint density at radius 1 is 1.21 bits per heavy atom. The first kappa shape index (κ1) is 9.66. The second-order valence-electron chi connectivity index (χ2n) is 2.67. The number of hydrogen-bond acceptors (Lipinski definition) is 2. The fourth-order valence-electron chi connectivity index (χ4n) is 1.14. The maximum Gasteiger partial charge on any atom is 0.347 e. The molecule has 6 heteroatoms. The zero-order valence-electron chi connectivity index (χ0n) is 6.95. The Balaban J connectivity index is 2.66. The van der Waals surface area contributed by atoms with Crippen LogP contribution < -0.4 is 5.69 Å². The summed E-state index contributed by atoms with van der Waals surface area (Å²) in [6.07, 6.45) is 0. The molecule has 0 aliphatic carbocycles. The van der Waals surface area contributed by atoms with Crippen molar-refractivity contribution in [1.82, 2.24) is 14.8 Å². The third kappa shape index (κ3) is 1.67. The van der Waals surface area contributed by atoms with E-state index in [4.69, 9.17) is 12.2 Å². The van der Waals surface area contributed by atoms with Gasteiger partial charge in [-0.05, 0) is 59.1 Å². The Bertz CT molecular complexity index is 523. The van der Waals surface area contributed by atoms with Gasteiger partial charge in [-0.3, -0.25) is 5.10 Å². The molecule has 4 nitrogen and oxygen atoms in total. The molecule has 1 heterocycles. The number of hydrogen-bond donors (Lipinski definition) is 2. The number of halogens is 1. The summed E-state index contributed by atoms with van der Waals surface area (Å²) in [5.74, 6) is 0.